The fourth-order valence-corrected chi connectivity index (χ4v) is 1.11. The van der Waals surface area contributed by atoms with E-state index in [-0.39, 0.29) is 18.9 Å². The molecule has 1 aromatic heterocycles. The summed E-state index contributed by atoms with van der Waals surface area (Å²) in [7, 11) is 1.44. The number of aliphatic carboxylic acids is 1. The summed E-state index contributed by atoms with van der Waals surface area (Å²) in [6.45, 7) is 0.0830. The van der Waals surface area contributed by atoms with E-state index in [4.69, 9.17) is 9.84 Å². The van der Waals surface area contributed by atoms with Gasteiger partial charge in [-0.15, -0.1) is 0 Å². The Labute approximate surface area is 92.3 Å². The molecule has 1 rings (SSSR count). The molecule has 6 nitrogen and oxygen atoms in total. The number of methoxy groups -OCH3 is 1. The Hall–Kier alpha value is -2.11. The third-order valence-electron chi connectivity index (χ3n) is 1.87. The molecule has 1 amide bonds. The van der Waals surface area contributed by atoms with Crippen LogP contribution in [0, 0.1) is 0 Å². The second kappa shape index (κ2) is 5.69. The summed E-state index contributed by atoms with van der Waals surface area (Å²) in [5.41, 5.74) is 0.336. The van der Waals surface area contributed by atoms with Crippen LogP contribution in [0.1, 0.15) is 16.8 Å². The minimum Gasteiger partial charge on any atom is -0.494 e. The summed E-state index contributed by atoms with van der Waals surface area (Å²) in [6, 6.07) is 1.51. The molecule has 16 heavy (non-hydrogen) atoms. The topological polar surface area (TPSA) is 88.5 Å². The molecule has 0 bridgehead atoms. The van der Waals surface area contributed by atoms with Crippen molar-refractivity contribution in [3.63, 3.8) is 0 Å². The van der Waals surface area contributed by atoms with Gasteiger partial charge in [-0.25, -0.2) is 0 Å². The Kier molecular flexibility index (Phi) is 4.26. The summed E-state index contributed by atoms with van der Waals surface area (Å²) in [4.78, 5) is 25.7. The van der Waals surface area contributed by atoms with Gasteiger partial charge in [-0.3, -0.25) is 14.6 Å². The number of nitrogens with zero attached hydrogens (tertiary/aromatic N) is 1. The lowest BCUT2D eigenvalue weighted by molar-refractivity contribution is -0.136. The Balaban J connectivity index is 2.62. The second-order valence-electron chi connectivity index (χ2n) is 2.98. The third-order valence-corrected chi connectivity index (χ3v) is 1.87. The minimum absolute atomic E-state index is 0.0830. The van der Waals surface area contributed by atoms with Gasteiger partial charge in [0, 0.05) is 12.7 Å². The highest BCUT2D eigenvalue weighted by atomic mass is 16.5. The molecular weight excluding hydrogens is 212 g/mol. The van der Waals surface area contributed by atoms with E-state index >= 15 is 0 Å². The molecule has 0 saturated heterocycles. The Morgan fingerprint density at radius 1 is 1.56 bits per heavy atom. The van der Waals surface area contributed by atoms with Gasteiger partial charge >= 0.3 is 5.97 Å². The molecule has 86 valence electrons. The van der Waals surface area contributed by atoms with Gasteiger partial charge in [0.1, 0.15) is 5.75 Å². The van der Waals surface area contributed by atoms with E-state index in [1.807, 2.05) is 0 Å². The molecule has 1 aromatic rings. The third kappa shape index (κ3) is 3.23. The molecule has 0 aliphatic heterocycles. The monoisotopic (exact) mass is 224 g/mol. The molecule has 0 radical (unpaired) electrons. The average molecular weight is 224 g/mol. The van der Waals surface area contributed by atoms with Crippen molar-refractivity contribution >= 4 is 11.9 Å². The molecule has 6 heteroatoms. The van der Waals surface area contributed by atoms with E-state index in [2.05, 4.69) is 10.3 Å². The van der Waals surface area contributed by atoms with E-state index in [9.17, 15) is 9.59 Å². The molecule has 0 aliphatic carbocycles. The molecule has 2 N–H and O–H groups in total. The molecular formula is C10H12N2O4. The summed E-state index contributed by atoms with van der Waals surface area (Å²) in [5, 5.41) is 10.9. The van der Waals surface area contributed by atoms with E-state index in [0.29, 0.717) is 11.3 Å². The number of aromatic nitrogens is 1. The number of carboxylic acid groups (broad SMARTS) is 1. The van der Waals surface area contributed by atoms with Gasteiger partial charge in [0.25, 0.3) is 5.91 Å². The van der Waals surface area contributed by atoms with Crippen LogP contribution in [0.3, 0.4) is 0 Å². The first kappa shape index (κ1) is 12.0. The predicted molar refractivity (Wildman–Crippen MR) is 55.4 cm³/mol. The van der Waals surface area contributed by atoms with Crippen LogP contribution in [-0.2, 0) is 4.79 Å². The fraction of sp³-hybridized carbons (Fsp3) is 0.300. The lowest BCUT2D eigenvalue weighted by Gasteiger charge is -2.07. The highest BCUT2D eigenvalue weighted by molar-refractivity contribution is 5.96. The van der Waals surface area contributed by atoms with Gasteiger partial charge in [0.2, 0.25) is 0 Å². The smallest absolute Gasteiger partial charge is 0.305 e. The van der Waals surface area contributed by atoms with Gasteiger partial charge in [0.15, 0.2) is 0 Å². The normalized spacial score (nSPS) is 9.56. The van der Waals surface area contributed by atoms with Crippen LogP contribution in [0.2, 0.25) is 0 Å². The fourth-order valence-electron chi connectivity index (χ4n) is 1.11. The van der Waals surface area contributed by atoms with Crippen molar-refractivity contribution < 1.29 is 19.4 Å². The Morgan fingerprint density at radius 2 is 2.31 bits per heavy atom. The van der Waals surface area contributed by atoms with Crippen LogP contribution in [0.15, 0.2) is 18.5 Å². The molecule has 0 aliphatic rings. The Morgan fingerprint density at radius 3 is 2.94 bits per heavy atom. The lowest BCUT2D eigenvalue weighted by Crippen LogP contribution is -2.26. The number of ether oxygens (including phenoxy) is 1. The number of hydrogen-bond donors (Lipinski definition) is 2. The first-order chi connectivity index (χ1) is 7.65. The zero-order valence-electron chi connectivity index (χ0n) is 8.77. The number of hydrogen-bond acceptors (Lipinski definition) is 4. The predicted octanol–water partition coefficient (Wildman–Crippen LogP) is 0.295. The SMILES string of the molecule is COc1cnccc1C(=O)NCCC(=O)O. The van der Waals surface area contributed by atoms with Crippen molar-refractivity contribution in [3.05, 3.63) is 24.0 Å². The number of carbonyl (C=O) groups is 2. The zero-order valence-corrected chi connectivity index (χ0v) is 8.77. The summed E-state index contributed by atoms with van der Waals surface area (Å²) in [5.74, 6) is -0.974. The number of carboxylic acids is 1. The zero-order chi connectivity index (χ0) is 12.0. The largest absolute Gasteiger partial charge is 0.494 e. The van der Waals surface area contributed by atoms with E-state index in [1.165, 1.54) is 25.6 Å². The van der Waals surface area contributed by atoms with Crippen molar-refractivity contribution in [3.8, 4) is 5.75 Å². The van der Waals surface area contributed by atoms with Crippen molar-refractivity contribution in [2.45, 2.75) is 6.42 Å². The van der Waals surface area contributed by atoms with Crippen LogP contribution >= 0.6 is 0 Å². The number of rotatable bonds is 5. The molecule has 1 heterocycles. The maximum absolute atomic E-state index is 11.6. The molecule has 0 atom stereocenters. The van der Waals surface area contributed by atoms with Crippen LogP contribution in [0.4, 0.5) is 0 Å². The summed E-state index contributed by atoms with van der Waals surface area (Å²) in [6.07, 6.45) is 2.78. The molecule has 0 spiro atoms. The maximum Gasteiger partial charge on any atom is 0.305 e. The quantitative estimate of drug-likeness (QED) is 0.750. The van der Waals surface area contributed by atoms with Gasteiger partial charge in [-0.1, -0.05) is 0 Å². The van der Waals surface area contributed by atoms with Gasteiger partial charge in [-0.05, 0) is 6.07 Å². The minimum atomic E-state index is -0.956. The van der Waals surface area contributed by atoms with Crippen LogP contribution < -0.4 is 10.1 Å². The number of pyridine rings is 1. The van der Waals surface area contributed by atoms with E-state index < -0.39 is 5.97 Å². The van der Waals surface area contributed by atoms with Crippen LogP contribution in [-0.4, -0.2) is 35.6 Å². The number of amides is 1. The van der Waals surface area contributed by atoms with Gasteiger partial charge in [0.05, 0.1) is 25.3 Å². The lowest BCUT2D eigenvalue weighted by atomic mass is 10.2. The number of carbonyl (C=O) groups excluding carboxylic acids is 1. The summed E-state index contributed by atoms with van der Waals surface area (Å²) < 4.78 is 4.95. The standard InChI is InChI=1S/C10H12N2O4/c1-16-8-6-11-4-2-7(8)10(15)12-5-3-9(13)14/h2,4,6H,3,5H2,1H3,(H,12,15)(H,13,14). The Bertz CT molecular complexity index is 392. The van der Waals surface area contributed by atoms with Crippen LogP contribution in [0.5, 0.6) is 5.75 Å². The van der Waals surface area contributed by atoms with Gasteiger partial charge < -0.3 is 15.2 Å². The van der Waals surface area contributed by atoms with Crippen molar-refractivity contribution in [1.29, 1.82) is 0 Å². The average Bonchev–Trinajstić information content (AvgIpc) is 2.28. The maximum atomic E-state index is 11.6. The molecule has 0 aromatic carbocycles. The molecule has 0 saturated carbocycles. The van der Waals surface area contributed by atoms with E-state index in [0.717, 1.165) is 0 Å². The highest BCUT2D eigenvalue weighted by Crippen LogP contribution is 2.14. The van der Waals surface area contributed by atoms with Crippen molar-refractivity contribution in [2.75, 3.05) is 13.7 Å². The first-order valence-electron chi connectivity index (χ1n) is 4.63. The van der Waals surface area contributed by atoms with Crippen molar-refractivity contribution in [2.24, 2.45) is 0 Å². The molecule has 0 unspecified atom stereocenters. The summed E-state index contributed by atoms with van der Waals surface area (Å²) >= 11 is 0. The van der Waals surface area contributed by atoms with E-state index in [1.54, 1.807) is 0 Å². The van der Waals surface area contributed by atoms with Crippen LogP contribution in [0.25, 0.3) is 0 Å². The van der Waals surface area contributed by atoms with Gasteiger partial charge in [-0.2, -0.15) is 0 Å². The number of nitrogens with one attached hydrogen (secondary N) is 1. The first-order valence-corrected chi connectivity index (χ1v) is 4.63. The second-order valence-corrected chi connectivity index (χ2v) is 2.98. The molecule has 0 fully saturated rings. The van der Waals surface area contributed by atoms with Crippen molar-refractivity contribution in [1.82, 2.24) is 10.3 Å². The highest BCUT2D eigenvalue weighted by Gasteiger charge is 2.11.